The Morgan fingerprint density at radius 1 is 1.12 bits per heavy atom. The van der Waals surface area contributed by atoms with Crippen molar-refractivity contribution >= 4 is 11.6 Å². The largest absolute Gasteiger partial charge is 0.360 e. The third kappa shape index (κ3) is 4.98. The van der Waals surface area contributed by atoms with E-state index in [1.807, 2.05) is 4.90 Å². The maximum absolute atomic E-state index is 12.8. The third-order valence-corrected chi connectivity index (χ3v) is 5.12. The van der Waals surface area contributed by atoms with E-state index in [0.717, 1.165) is 18.8 Å². The van der Waals surface area contributed by atoms with Crippen LogP contribution in [-0.4, -0.2) is 60.5 Å². The van der Waals surface area contributed by atoms with Gasteiger partial charge >= 0.3 is 0 Å². The zero-order chi connectivity index (χ0) is 19.3. The molecule has 0 bridgehead atoms. The summed E-state index contributed by atoms with van der Waals surface area (Å²) in [6.07, 6.45) is 0. The van der Waals surface area contributed by atoms with Crippen LogP contribution >= 0.6 is 0 Å². The van der Waals surface area contributed by atoms with Crippen LogP contribution in [0.3, 0.4) is 0 Å². The number of nitriles is 1. The molecule has 1 aromatic carbocycles. The molecule has 5 nitrogen and oxygen atoms in total. The summed E-state index contributed by atoms with van der Waals surface area (Å²) in [4.78, 5) is 19.1. The lowest BCUT2D eigenvalue weighted by atomic mass is 10.0. The lowest BCUT2D eigenvalue weighted by Gasteiger charge is -2.39. The highest BCUT2D eigenvalue weighted by molar-refractivity contribution is 5.81. The van der Waals surface area contributed by atoms with Crippen molar-refractivity contribution < 1.29 is 4.79 Å². The minimum Gasteiger partial charge on any atom is -0.360 e. The molecule has 0 aliphatic carbocycles. The molecule has 0 saturated carbocycles. The highest BCUT2D eigenvalue weighted by Crippen LogP contribution is 2.19. The molecule has 2 rings (SSSR count). The maximum atomic E-state index is 12.8. The Labute approximate surface area is 158 Å². The molecule has 142 valence electrons. The number of nitrogens with zero attached hydrogens (tertiary/aromatic N) is 4. The maximum Gasteiger partial charge on any atom is 0.242 e. The number of benzene rings is 1. The number of carbonyl (C=O) groups excluding carboxylic acids is 1. The quantitative estimate of drug-likeness (QED) is 0.786. The smallest absolute Gasteiger partial charge is 0.242 e. The Kier molecular flexibility index (Phi) is 7.05. The Morgan fingerprint density at radius 2 is 1.69 bits per heavy atom. The van der Waals surface area contributed by atoms with Gasteiger partial charge in [-0.1, -0.05) is 31.5 Å². The number of piperazine rings is 1. The van der Waals surface area contributed by atoms with Crippen molar-refractivity contribution in [2.45, 2.75) is 46.7 Å². The summed E-state index contributed by atoms with van der Waals surface area (Å²) in [6.45, 7) is 13.8. The van der Waals surface area contributed by atoms with Crippen molar-refractivity contribution in [2.24, 2.45) is 5.92 Å². The number of amides is 1. The van der Waals surface area contributed by atoms with Gasteiger partial charge in [0.2, 0.25) is 5.91 Å². The number of rotatable bonds is 6. The fourth-order valence-electron chi connectivity index (χ4n) is 3.46. The zero-order valence-corrected chi connectivity index (χ0v) is 16.8. The summed E-state index contributed by atoms with van der Waals surface area (Å²) < 4.78 is 0. The first-order chi connectivity index (χ1) is 12.3. The van der Waals surface area contributed by atoms with Crippen LogP contribution in [0.5, 0.6) is 0 Å². The van der Waals surface area contributed by atoms with Gasteiger partial charge in [0.25, 0.3) is 0 Å². The highest BCUT2D eigenvalue weighted by Gasteiger charge is 2.28. The van der Waals surface area contributed by atoms with E-state index in [0.29, 0.717) is 25.6 Å². The van der Waals surface area contributed by atoms with E-state index in [9.17, 15) is 10.1 Å². The van der Waals surface area contributed by atoms with Gasteiger partial charge < -0.3 is 9.80 Å². The molecule has 1 amide bonds. The van der Waals surface area contributed by atoms with E-state index in [2.05, 4.69) is 74.8 Å². The van der Waals surface area contributed by atoms with Crippen LogP contribution in [0.2, 0.25) is 0 Å². The first-order valence-electron chi connectivity index (χ1n) is 9.58. The molecule has 1 aliphatic heterocycles. The van der Waals surface area contributed by atoms with Crippen molar-refractivity contribution in [1.29, 1.82) is 5.26 Å². The summed E-state index contributed by atoms with van der Waals surface area (Å²) in [6, 6.07) is 10.9. The minimum absolute atomic E-state index is 0.0630. The predicted molar refractivity (Wildman–Crippen MR) is 106 cm³/mol. The van der Waals surface area contributed by atoms with Crippen molar-refractivity contribution in [3.8, 4) is 6.07 Å². The van der Waals surface area contributed by atoms with E-state index < -0.39 is 0 Å². The van der Waals surface area contributed by atoms with Crippen LogP contribution in [0, 0.1) is 24.2 Å². The molecular formula is C21H32N4O. The van der Waals surface area contributed by atoms with Crippen molar-refractivity contribution in [3.63, 3.8) is 0 Å². The summed E-state index contributed by atoms with van der Waals surface area (Å²) in [7, 11) is 0. The molecule has 1 unspecified atom stereocenters. The minimum atomic E-state index is -0.0630. The SMILES string of the molecule is Cc1ccc(N(CC(=O)N2CCN(C(C#N)C(C)C)CC2)C(C)C)cc1. The van der Waals surface area contributed by atoms with Crippen LogP contribution in [-0.2, 0) is 4.79 Å². The second-order valence-corrected chi connectivity index (χ2v) is 7.79. The van der Waals surface area contributed by atoms with Crippen LogP contribution in [0.15, 0.2) is 24.3 Å². The van der Waals surface area contributed by atoms with Gasteiger partial charge in [-0.15, -0.1) is 0 Å². The predicted octanol–water partition coefficient (Wildman–Crippen LogP) is 2.90. The monoisotopic (exact) mass is 356 g/mol. The zero-order valence-electron chi connectivity index (χ0n) is 16.8. The van der Waals surface area contributed by atoms with Crippen LogP contribution in [0.25, 0.3) is 0 Å². The fraction of sp³-hybridized carbons (Fsp3) is 0.619. The number of hydrogen-bond donors (Lipinski definition) is 0. The fourth-order valence-corrected chi connectivity index (χ4v) is 3.46. The van der Waals surface area contributed by atoms with Crippen LogP contribution in [0.1, 0.15) is 33.3 Å². The van der Waals surface area contributed by atoms with Gasteiger partial charge in [-0.2, -0.15) is 5.26 Å². The molecule has 1 fully saturated rings. The van der Waals surface area contributed by atoms with Crippen LogP contribution in [0.4, 0.5) is 5.69 Å². The Bertz CT molecular complexity index is 624. The topological polar surface area (TPSA) is 50.6 Å². The standard InChI is InChI=1S/C21H32N4O/c1-16(2)20(14-22)23-10-12-24(13-11-23)21(26)15-25(17(3)4)19-8-6-18(5)7-9-19/h6-9,16-17,20H,10-13,15H2,1-5H3. The highest BCUT2D eigenvalue weighted by atomic mass is 16.2. The van der Waals surface area contributed by atoms with E-state index in [-0.39, 0.29) is 18.0 Å². The molecule has 26 heavy (non-hydrogen) atoms. The van der Waals surface area contributed by atoms with Gasteiger partial charge in [0.15, 0.2) is 0 Å². The average Bonchev–Trinajstić information content (AvgIpc) is 2.61. The lowest BCUT2D eigenvalue weighted by molar-refractivity contribution is -0.131. The van der Waals surface area contributed by atoms with Gasteiger partial charge in [-0.25, -0.2) is 0 Å². The summed E-state index contributed by atoms with van der Waals surface area (Å²) >= 11 is 0. The molecule has 0 aromatic heterocycles. The molecule has 1 atom stereocenters. The van der Waals surface area contributed by atoms with E-state index in [4.69, 9.17) is 0 Å². The van der Waals surface area contributed by atoms with Crippen molar-refractivity contribution in [3.05, 3.63) is 29.8 Å². The first-order valence-corrected chi connectivity index (χ1v) is 9.58. The van der Waals surface area contributed by atoms with Gasteiger partial charge in [-0.3, -0.25) is 9.69 Å². The first kappa shape index (κ1) is 20.3. The Morgan fingerprint density at radius 3 is 2.15 bits per heavy atom. The van der Waals surface area contributed by atoms with Crippen molar-refractivity contribution in [1.82, 2.24) is 9.80 Å². The second-order valence-electron chi connectivity index (χ2n) is 7.79. The summed E-state index contributed by atoms with van der Waals surface area (Å²) in [5.74, 6) is 0.470. The van der Waals surface area contributed by atoms with E-state index in [1.54, 1.807) is 0 Å². The van der Waals surface area contributed by atoms with Crippen LogP contribution < -0.4 is 4.90 Å². The van der Waals surface area contributed by atoms with Gasteiger partial charge in [0.05, 0.1) is 12.6 Å². The van der Waals surface area contributed by atoms with Gasteiger partial charge in [-0.05, 0) is 38.8 Å². The number of anilines is 1. The second kappa shape index (κ2) is 9.05. The summed E-state index contributed by atoms with van der Waals surface area (Å²) in [5, 5.41) is 9.37. The van der Waals surface area contributed by atoms with Gasteiger partial charge in [0, 0.05) is 37.9 Å². The molecule has 1 aromatic rings. The average molecular weight is 357 g/mol. The van der Waals surface area contributed by atoms with Gasteiger partial charge in [0.1, 0.15) is 6.04 Å². The molecule has 1 aliphatic rings. The molecule has 1 saturated heterocycles. The van der Waals surface area contributed by atoms with Crippen molar-refractivity contribution in [2.75, 3.05) is 37.6 Å². The number of carbonyl (C=O) groups is 1. The molecule has 1 heterocycles. The molecule has 5 heteroatoms. The molecule has 0 radical (unpaired) electrons. The Balaban J connectivity index is 1.97. The van der Waals surface area contributed by atoms with E-state index >= 15 is 0 Å². The normalized spacial score (nSPS) is 16.6. The molecule has 0 N–H and O–H groups in total. The summed E-state index contributed by atoms with van der Waals surface area (Å²) in [5.41, 5.74) is 2.30. The molecular weight excluding hydrogens is 324 g/mol. The van der Waals surface area contributed by atoms with E-state index in [1.165, 1.54) is 5.56 Å². The molecule has 0 spiro atoms. The lowest BCUT2D eigenvalue weighted by Crippen LogP contribution is -2.54. The third-order valence-electron chi connectivity index (χ3n) is 5.12. The Hall–Kier alpha value is -2.06. The number of aryl methyl sites for hydroxylation is 1. The number of hydrogen-bond acceptors (Lipinski definition) is 4.